The lowest BCUT2D eigenvalue weighted by molar-refractivity contribution is 0.490. The molecule has 0 heterocycles. The maximum absolute atomic E-state index is 5.99. The fourth-order valence-corrected chi connectivity index (χ4v) is 3.03. The van der Waals surface area contributed by atoms with Gasteiger partial charge in [0, 0.05) is 5.92 Å². The van der Waals surface area contributed by atoms with Crippen LogP contribution in [0.15, 0.2) is 79.4 Å². The Balaban J connectivity index is 0. The minimum Gasteiger partial charge on any atom is -0.330 e. The second-order valence-electron chi connectivity index (χ2n) is 7.12. The van der Waals surface area contributed by atoms with Gasteiger partial charge in [0.2, 0.25) is 0 Å². The number of hydrogen-bond donors (Lipinski definition) is 2. The molecule has 30 heavy (non-hydrogen) atoms. The van der Waals surface area contributed by atoms with Crippen LogP contribution in [0.2, 0.25) is 0 Å². The Labute approximate surface area is 186 Å². The maximum Gasteiger partial charge on any atom is 0.0148 e. The summed E-state index contributed by atoms with van der Waals surface area (Å²) < 4.78 is 0. The molecule has 0 bridgehead atoms. The third-order valence-corrected chi connectivity index (χ3v) is 4.14. The molecule has 2 heteroatoms. The highest BCUT2D eigenvalue weighted by Crippen LogP contribution is 2.36. The molecule has 2 nitrogen and oxygen atoms in total. The third-order valence-electron chi connectivity index (χ3n) is 4.14. The van der Waals surface area contributed by atoms with E-state index in [9.17, 15) is 0 Å². The molecule has 2 aromatic carbocycles. The van der Waals surface area contributed by atoms with Crippen molar-refractivity contribution in [3.8, 4) is 0 Å². The van der Waals surface area contributed by atoms with Gasteiger partial charge >= 0.3 is 0 Å². The van der Waals surface area contributed by atoms with Gasteiger partial charge in [0.05, 0.1) is 0 Å². The van der Waals surface area contributed by atoms with E-state index in [4.69, 9.17) is 11.5 Å². The second-order valence-corrected chi connectivity index (χ2v) is 7.12. The first kappa shape index (κ1) is 30.0. The van der Waals surface area contributed by atoms with Gasteiger partial charge < -0.3 is 11.5 Å². The van der Waals surface area contributed by atoms with Crippen molar-refractivity contribution < 1.29 is 0 Å². The summed E-state index contributed by atoms with van der Waals surface area (Å²) in [4.78, 5) is 0. The Kier molecular flexibility index (Phi) is 18.9. The Morgan fingerprint density at radius 3 is 1.83 bits per heavy atom. The van der Waals surface area contributed by atoms with Crippen LogP contribution in [0.5, 0.6) is 0 Å². The number of hydrogen-bond acceptors (Lipinski definition) is 2. The van der Waals surface area contributed by atoms with Gasteiger partial charge in [-0.05, 0) is 46.8 Å². The minimum absolute atomic E-state index is 0.122. The van der Waals surface area contributed by atoms with Crippen molar-refractivity contribution in [2.75, 3.05) is 13.1 Å². The highest BCUT2D eigenvalue weighted by atomic mass is 14.6. The predicted molar refractivity (Wildman–Crippen MR) is 140 cm³/mol. The van der Waals surface area contributed by atoms with E-state index < -0.39 is 0 Å². The van der Waals surface area contributed by atoms with E-state index >= 15 is 0 Å². The third kappa shape index (κ3) is 10.0. The van der Waals surface area contributed by atoms with Gasteiger partial charge in [0.15, 0.2) is 0 Å². The molecule has 0 aliphatic rings. The summed E-state index contributed by atoms with van der Waals surface area (Å²) in [7, 11) is 0. The molecule has 168 valence electrons. The molecule has 4 N–H and O–H groups in total. The van der Waals surface area contributed by atoms with Crippen LogP contribution >= 0.6 is 0 Å². The molecule has 0 spiro atoms. The Morgan fingerprint density at radius 1 is 0.867 bits per heavy atom. The van der Waals surface area contributed by atoms with Crippen LogP contribution < -0.4 is 11.5 Å². The van der Waals surface area contributed by atoms with E-state index in [2.05, 4.69) is 76.4 Å². The van der Waals surface area contributed by atoms with Gasteiger partial charge in [-0.25, -0.2) is 0 Å². The topological polar surface area (TPSA) is 52.0 Å². The van der Waals surface area contributed by atoms with Gasteiger partial charge in [-0.1, -0.05) is 122 Å². The van der Waals surface area contributed by atoms with Crippen LogP contribution in [-0.4, -0.2) is 13.1 Å². The predicted octanol–water partition coefficient (Wildman–Crippen LogP) is 7.47. The number of nitrogens with two attached hydrogens (primary N) is 2. The van der Waals surface area contributed by atoms with E-state index in [0.717, 1.165) is 11.5 Å². The lowest BCUT2D eigenvalue weighted by Crippen LogP contribution is -2.30. The number of allylic oxidation sites excluding steroid dienone is 4. The molecule has 0 aliphatic heterocycles. The SMILES string of the molecule is C=C/C=C(\C=C)C(c1cccc2ccccc12)C(CN)CN.CC.CC.CC(C)C. The van der Waals surface area contributed by atoms with Crippen molar-refractivity contribution in [1.29, 1.82) is 0 Å². The van der Waals surface area contributed by atoms with Crippen LogP contribution in [0.1, 0.15) is 59.9 Å². The molecule has 0 saturated carbocycles. The van der Waals surface area contributed by atoms with Crippen LogP contribution in [-0.2, 0) is 0 Å². The molecule has 1 unspecified atom stereocenters. The summed E-state index contributed by atoms with van der Waals surface area (Å²) in [5, 5.41) is 2.46. The van der Waals surface area contributed by atoms with Gasteiger partial charge in [0.1, 0.15) is 0 Å². The summed E-state index contributed by atoms with van der Waals surface area (Å²) in [5.41, 5.74) is 14.3. The summed E-state index contributed by atoms with van der Waals surface area (Å²) in [6, 6.07) is 14.8. The highest BCUT2D eigenvalue weighted by Gasteiger charge is 2.24. The zero-order valence-electron chi connectivity index (χ0n) is 20.5. The van der Waals surface area contributed by atoms with Crippen LogP contribution in [0, 0.1) is 11.8 Å². The van der Waals surface area contributed by atoms with Crippen LogP contribution in [0.3, 0.4) is 0 Å². The summed E-state index contributed by atoms with van der Waals surface area (Å²) >= 11 is 0. The van der Waals surface area contributed by atoms with Crippen molar-refractivity contribution in [1.82, 2.24) is 0 Å². The Bertz CT molecular complexity index is 716. The van der Waals surface area contributed by atoms with Gasteiger partial charge in [-0.2, -0.15) is 0 Å². The molecule has 0 aliphatic carbocycles. The van der Waals surface area contributed by atoms with E-state index in [-0.39, 0.29) is 11.8 Å². The van der Waals surface area contributed by atoms with Crippen LogP contribution in [0.25, 0.3) is 10.8 Å². The monoisotopic (exact) mass is 410 g/mol. The van der Waals surface area contributed by atoms with Gasteiger partial charge in [-0.15, -0.1) is 0 Å². The van der Waals surface area contributed by atoms with Crippen molar-refractivity contribution in [3.05, 3.63) is 85.0 Å². The smallest absolute Gasteiger partial charge is 0.0148 e. The van der Waals surface area contributed by atoms with Gasteiger partial charge in [-0.3, -0.25) is 0 Å². The number of fused-ring (bicyclic) bond motifs is 1. The maximum atomic E-state index is 5.99. The fourth-order valence-electron chi connectivity index (χ4n) is 3.03. The Morgan fingerprint density at radius 2 is 1.37 bits per heavy atom. The molecule has 1 atom stereocenters. The molecule has 0 fully saturated rings. The standard InChI is InChI=1S/C20H24N2.C4H10.2C2H6/c1-3-8-15(4-2)20(17(13-21)14-22)19-12-7-10-16-9-5-6-11-18(16)19;1-4(2)3;2*1-2/h3-12,17,20H,1-2,13-14,21-22H2;4H,1-3H3;2*1-2H3/b15-8+;;;. The molecule has 0 amide bonds. The van der Waals surface area contributed by atoms with Crippen molar-refractivity contribution in [2.24, 2.45) is 23.3 Å². The Hall–Kier alpha value is -2.16. The van der Waals surface area contributed by atoms with Crippen LogP contribution in [0.4, 0.5) is 0 Å². The highest BCUT2D eigenvalue weighted by molar-refractivity contribution is 5.86. The molecule has 0 aromatic heterocycles. The van der Waals surface area contributed by atoms with Crippen molar-refractivity contribution in [3.63, 3.8) is 0 Å². The zero-order chi connectivity index (χ0) is 23.5. The van der Waals surface area contributed by atoms with Crippen molar-refractivity contribution >= 4 is 10.8 Å². The lowest BCUT2D eigenvalue weighted by Gasteiger charge is -2.28. The zero-order valence-corrected chi connectivity index (χ0v) is 20.5. The minimum atomic E-state index is 0.122. The average Bonchev–Trinajstić information content (AvgIpc) is 2.78. The molecule has 2 aromatic rings. The van der Waals surface area contributed by atoms with E-state index in [0.29, 0.717) is 13.1 Å². The largest absolute Gasteiger partial charge is 0.330 e. The molecule has 2 rings (SSSR count). The second kappa shape index (κ2) is 18.8. The molecular formula is C28H46N2. The number of rotatable bonds is 7. The number of benzene rings is 2. The first-order valence-corrected chi connectivity index (χ1v) is 11.3. The molecule has 0 radical (unpaired) electrons. The average molecular weight is 411 g/mol. The van der Waals surface area contributed by atoms with E-state index in [1.807, 2.05) is 39.8 Å². The quantitative estimate of drug-likeness (QED) is 0.465. The van der Waals surface area contributed by atoms with Gasteiger partial charge in [0.25, 0.3) is 0 Å². The normalized spacial score (nSPS) is 11.4. The summed E-state index contributed by atoms with van der Waals surface area (Å²) in [5.74, 6) is 1.12. The summed E-state index contributed by atoms with van der Waals surface area (Å²) in [6.45, 7) is 23.3. The molecular weight excluding hydrogens is 364 g/mol. The van der Waals surface area contributed by atoms with E-state index in [1.165, 1.54) is 16.3 Å². The van der Waals surface area contributed by atoms with E-state index in [1.54, 1.807) is 6.08 Å². The summed E-state index contributed by atoms with van der Waals surface area (Å²) in [6.07, 6.45) is 5.67. The van der Waals surface area contributed by atoms with Crippen molar-refractivity contribution in [2.45, 2.75) is 54.4 Å². The lowest BCUT2D eigenvalue weighted by atomic mass is 9.78. The first-order chi connectivity index (χ1) is 14.5. The molecule has 0 saturated heterocycles. The fraction of sp³-hybridized carbons (Fsp3) is 0.429. The first-order valence-electron chi connectivity index (χ1n) is 11.3.